The van der Waals surface area contributed by atoms with Crippen molar-refractivity contribution < 1.29 is 22.1 Å². The van der Waals surface area contributed by atoms with E-state index in [0.717, 1.165) is 37.8 Å². The summed E-state index contributed by atoms with van der Waals surface area (Å²) in [6.07, 6.45) is 4.83. The molecule has 12 heteroatoms. The normalized spacial score (nSPS) is 19.9. The quantitative estimate of drug-likeness (QED) is 0.588. The summed E-state index contributed by atoms with van der Waals surface area (Å²) in [5, 5.41) is 23.7. The Bertz CT molecular complexity index is 1350. The Labute approximate surface area is 182 Å². The second kappa shape index (κ2) is 7.28. The summed E-state index contributed by atoms with van der Waals surface area (Å²) in [6, 6.07) is 4.13. The number of carbonyl (C=O) groups is 2. The summed E-state index contributed by atoms with van der Waals surface area (Å²) in [6.45, 7) is -2.82. The number of amides is 2. The molecule has 2 fully saturated rings. The van der Waals surface area contributed by atoms with Crippen molar-refractivity contribution in [3.8, 4) is 6.07 Å². The summed E-state index contributed by atoms with van der Waals surface area (Å²) < 4.78 is 46.3. The van der Waals surface area contributed by atoms with E-state index in [9.17, 15) is 18.0 Å². The molecule has 2 aromatic rings. The van der Waals surface area contributed by atoms with Gasteiger partial charge in [-0.15, -0.1) is 10.2 Å². The van der Waals surface area contributed by atoms with Crippen molar-refractivity contribution in [2.45, 2.75) is 24.2 Å². The molecule has 0 saturated heterocycles. The van der Waals surface area contributed by atoms with Crippen LogP contribution in [0.4, 0.5) is 17.3 Å². The van der Waals surface area contributed by atoms with E-state index >= 15 is 0 Å². The van der Waals surface area contributed by atoms with Crippen molar-refractivity contribution in [3.05, 3.63) is 29.6 Å². The first-order valence-electron chi connectivity index (χ1n) is 10.7. The van der Waals surface area contributed by atoms with Crippen LogP contribution in [0, 0.1) is 22.7 Å². The average Bonchev–Trinajstić information content (AvgIpc) is 3.65. The summed E-state index contributed by atoms with van der Waals surface area (Å²) in [7, 11) is -3.86. The standard InChI is InChI=1S/C19H19N7O4S/c1-21-18(28)15-12(23-16-13(31(2,29)30)5-10(8-20)9-22-16)6-14(25-26-15)24-17(27)11-7-19(11)3-4-19/h5-6,9,11H,3-4,7H2,1-2H3,(H,21,28)(H2,22,23,24,25,27)/t11-/m1/s1/i1D3. The molecule has 160 valence electrons. The highest BCUT2D eigenvalue weighted by Gasteiger charge is 2.65. The Morgan fingerprint density at radius 3 is 2.71 bits per heavy atom. The fourth-order valence-electron chi connectivity index (χ4n) is 3.43. The van der Waals surface area contributed by atoms with Crippen LogP contribution in [0.3, 0.4) is 0 Å². The summed E-state index contributed by atoms with van der Waals surface area (Å²) >= 11 is 0. The molecule has 2 saturated carbocycles. The van der Waals surface area contributed by atoms with Crippen molar-refractivity contribution in [1.29, 1.82) is 5.26 Å². The fraction of sp³-hybridized carbons (Fsp3) is 0.368. The number of rotatable bonds is 6. The summed E-state index contributed by atoms with van der Waals surface area (Å²) in [5.41, 5.74) is -0.531. The van der Waals surface area contributed by atoms with Crippen LogP contribution in [0.15, 0.2) is 23.2 Å². The molecule has 0 unspecified atom stereocenters. The van der Waals surface area contributed by atoms with Gasteiger partial charge in [0.25, 0.3) is 5.91 Å². The highest BCUT2D eigenvalue weighted by Crippen LogP contribution is 2.70. The molecule has 2 heterocycles. The summed E-state index contributed by atoms with van der Waals surface area (Å²) in [5.74, 6) is -1.72. The van der Waals surface area contributed by atoms with Crippen molar-refractivity contribution in [2.24, 2.45) is 11.3 Å². The van der Waals surface area contributed by atoms with Crippen LogP contribution in [0.1, 0.15) is 39.4 Å². The maximum absolute atomic E-state index is 12.5. The third-order valence-electron chi connectivity index (χ3n) is 5.41. The number of anilines is 3. The van der Waals surface area contributed by atoms with Gasteiger partial charge in [0.2, 0.25) is 5.91 Å². The van der Waals surface area contributed by atoms with Gasteiger partial charge in [0.1, 0.15) is 16.8 Å². The molecule has 3 N–H and O–H groups in total. The maximum atomic E-state index is 12.5. The van der Waals surface area contributed by atoms with Crippen molar-refractivity contribution in [3.63, 3.8) is 0 Å². The molecule has 2 aromatic heterocycles. The van der Waals surface area contributed by atoms with E-state index in [1.807, 2.05) is 0 Å². The second-order valence-electron chi connectivity index (χ2n) is 7.63. The Hall–Kier alpha value is -3.59. The monoisotopic (exact) mass is 444 g/mol. The maximum Gasteiger partial charge on any atom is 0.273 e. The predicted molar refractivity (Wildman–Crippen MR) is 109 cm³/mol. The molecule has 0 bridgehead atoms. The molecular weight excluding hydrogens is 422 g/mol. The first kappa shape index (κ1) is 17.1. The first-order chi connectivity index (χ1) is 15.8. The molecule has 31 heavy (non-hydrogen) atoms. The lowest BCUT2D eigenvalue weighted by Gasteiger charge is -2.13. The van der Waals surface area contributed by atoms with E-state index in [1.54, 1.807) is 11.4 Å². The lowest BCUT2D eigenvalue weighted by atomic mass is 10.2. The van der Waals surface area contributed by atoms with Gasteiger partial charge in [0.15, 0.2) is 21.3 Å². The number of nitrogens with one attached hydrogen (secondary N) is 3. The fourth-order valence-corrected chi connectivity index (χ4v) is 4.23. The average molecular weight is 444 g/mol. The molecule has 4 rings (SSSR count). The number of pyridine rings is 1. The zero-order valence-electron chi connectivity index (χ0n) is 19.3. The molecular formula is C19H19N7O4S. The minimum atomic E-state index is -3.86. The largest absolute Gasteiger partial charge is 0.354 e. The zero-order chi connectivity index (χ0) is 24.9. The van der Waals surface area contributed by atoms with Crippen LogP contribution < -0.4 is 16.0 Å². The van der Waals surface area contributed by atoms with Crippen molar-refractivity contribution in [1.82, 2.24) is 20.5 Å². The van der Waals surface area contributed by atoms with Gasteiger partial charge < -0.3 is 16.0 Å². The Balaban J connectivity index is 1.70. The molecule has 1 atom stereocenters. The third kappa shape index (κ3) is 4.04. The van der Waals surface area contributed by atoms with Gasteiger partial charge in [-0.25, -0.2) is 13.4 Å². The lowest BCUT2D eigenvalue weighted by Crippen LogP contribution is -2.23. The van der Waals surface area contributed by atoms with Crippen LogP contribution in [-0.4, -0.2) is 48.6 Å². The van der Waals surface area contributed by atoms with Crippen LogP contribution >= 0.6 is 0 Å². The van der Waals surface area contributed by atoms with Gasteiger partial charge in [0.05, 0.1) is 11.3 Å². The van der Waals surface area contributed by atoms with Gasteiger partial charge in [-0.3, -0.25) is 9.59 Å². The number of hydrogen-bond acceptors (Lipinski definition) is 9. The van der Waals surface area contributed by atoms with Gasteiger partial charge in [0, 0.05) is 35.5 Å². The molecule has 1 spiro atoms. The highest BCUT2D eigenvalue weighted by molar-refractivity contribution is 7.90. The van der Waals surface area contributed by atoms with E-state index < -0.39 is 28.4 Å². The van der Waals surface area contributed by atoms with Crippen molar-refractivity contribution >= 4 is 39.0 Å². The zero-order valence-corrected chi connectivity index (χ0v) is 17.1. The molecule has 0 aromatic carbocycles. The van der Waals surface area contributed by atoms with E-state index in [1.165, 1.54) is 6.07 Å². The molecule has 2 aliphatic rings. The van der Waals surface area contributed by atoms with E-state index in [2.05, 4.69) is 25.8 Å². The number of nitriles is 1. The number of carbonyl (C=O) groups excluding carboxylic acids is 2. The number of aromatic nitrogens is 3. The predicted octanol–water partition coefficient (Wildman–Crippen LogP) is 0.989. The smallest absolute Gasteiger partial charge is 0.273 e. The van der Waals surface area contributed by atoms with E-state index in [0.29, 0.717) is 0 Å². The Morgan fingerprint density at radius 2 is 2.10 bits per heavy atom. The van der Waals surface area contributed by atoms with Crippen LogP contribution in [-0.2, 0) is 14.6 Å². The Kier molecular flexibility index (Phi) is 4.02. The van der Waals surface area contributed by atoms with Crippen LogP contribution in [0.25, 0.3) is 0 Å². The molecule has 0 aliphatic heterocycles. The van der Waals surface area contributed by atoms with E-state index in [4.69, 9.17) is 9.37 Å². The van der Waals surface area contributed by atoms with E-state index in [-0.39, 0.29) is 45.0 Å². The number of nitrogens with zero attached hydrogens (tertiary/aromatic N) is 4. The topological polar surface area (TPSA) is 167 Å². The first-order valence-corrected chi connectivity index (χ1v) is 11.1. The molecule has 11 nitrogen and oxygen atoms in total. The Morgan fingerprint density at radius 1 is 1.32 bits per heavy atom. The van der Waals surface area contributed by atoms with Gasteiger partial charge in [-0.2, -0.15) is 5.26 Å². The summed E-state index contributed by atoms with van der Waals surface area (Å²) in [4.78, 5) is 28.6. The number of hydrogen-bond donors (Lipinski definition) is 3. The van der Waals surface area contributed by atoms with Crippen LogP contribution in [0.5, 0.6) is 0 Å². The SMILES string of the molecule is [2H]C([2H])([2H])NC(=O)c1nnc(NC(=O)[C@H]2CC23CC3)cc1Nc1ncc(C#N)cc1S(C)(=O)=O. The van der Waals surface area contributed by atoms with Gasteiger partial charge in [-0.1, -0.05) is 0 Å². The molecule has 2 aliphatic carbocycles. The van der Waals surface area contributed by atoms with Crippen molar-refractivity contribution in [2.75, 3.05) is 23.9 Å². The van der Waals surface area contributed by atoms with Crippen LogP contribution in [0.2, 0.25) is 0 Å². The number of sulfone groups is 1. The van der Waals surface area contributed by atoms with Gasteiger partial charge in [-0.05, 0) is 30.7 Å². The minimum Gasteiger partial charge on any atom is -0.354 e. The highest BCUT2D eigenvalue weighted by atomic mass is 32.2. The lowest BCUT2D eigenvalue weighted by molar-refractivity contribution is -0.117. The second-order valence-corrected chi connectivity index (χ2v) is 9.62. The molecule has 2 amide bonds. The third-order valence-corrected chi connectivity index (χ3v) is 6.52. The molecule has 0 radical (unpaired) electrons. The minimum absolute atomic E-state index is 0.00871. The van der Waals surface area contributed by atoms with Gasteiger partial charge >= 0.3 is 0 Å².